The number of furan rings is 1. The van der Waals surface area contributed by atoms with E-state index < -0.39 is 19.2 Å². The third kappa shape index (κ3) is 5.81. The lowest BCUT2D eigenvalue weighted by Gasteiger charge is -2.26. The van der Waals surface area contributed by atoms with Gasteiger partial charge in [0.15, 0.2) is 0 Å². The van der Waals surface area contributed by atoms with Gasteiger partial charge in [-0.3, -0.25) is 4.79 Å². The van der Waals surface area contributed by atoms with Crippen molar-refractivity contribution in [3.05, 3.63) is 48.2 Å². The molecule has 10 heteroatoms. The summed E-state index contributed by atoms with van der Waals surface area (Å²) in [4.78, 5) is 28.8. The van der Waals surface area contributed by atoms with E-state index in [9.17, 15) is 19.6 Å². The Morgan fingerprint density at radius 3 is 2.91 bits per heavy atom. The Kier molecular flexibility index (Phi) is 7.60. The maximum atomic E-state index is 12.6. The summed E-state index contributed by atoms with van der Waals surface area (Å²) in [7, 11) is 2.14. The second-order valence-corrected chi connectivity index (χ2v) is 9.44. The van der Waals surface area contributed by atoms with Gasteiger partial charge >= 0.3 is 13.2 Å². The highest BCUT2D eigenvalue weighted by molar-refractivity contribution is 6.43. The highest BCUT2D eigenvalue weighted by atomic mass is 16.5. The minimum absolute atomic E-state index is 0.0703. The third-order valence-electron chi connectivity index (χ3n) is 6.65. The van der Waals surface area contributed by atoms with Crippen LogP contribution >= 0.6 is 0 Å². The lowest BCUT2D eigenvalue weighted by atomic mass is 9.76. The van der Waals surface area contributed by atoms with Crippen LogP contribution in [0, 0.1) is 11.8 Å². The van der Waals surface area contributed by atoms with Gasteiger partial charge in [-0.1, -0.05) is 24.3 Å². The van der Waals surface area contributed by atoms with Crippen molar-refractivity contribution < 1.29 is 28.8 Å². The summed E-state index contributed by atoms with van der Waals surface area (Å²) in [5.41, 5.74) is 1.69. The lowest BCUT2D eigenvalue weighted by Crippen LogP contribution is -2.48. The fraction of sp³-hybridized carbons (Fsp3) is 0.500. The number of carbonyl (C=O) groups is 2. The Hall–Kier alpha value is -2.82. The van der Waals surface area contributed by atoms with Gasteiger partial charge in [-0.15, -0.1) is 0 Å². The predicted molar refractivity (Wildman–Crippen MR) is 128 cm³/mol. The summed E-state index contributed by atoms with van der Waals surface area (Å²) in [6, 6.07) is 7.45. The van der Waals surface area contributed by atoms with Crippen molar-refractivity contribution in [3.8, 4) is 0 Å². The first-order chi connectivity index (χ1) is 16.3. The molecule has 0 spiro atoms. The molecule has 2 aliphatic rings. The van der Waals surface area contributed by atoms with E-state index in [1.165, 1.54) is 0 Å². The summed E-state index contributed by atoms with van der Waals surface area (Å²) < 4.78 is 10.9. The number of para-hydroxylation sites is 1. The van der Waals surface area contributed by atoms with Crippen molar-refractivity contribution in [2.75, 3.05) is 33.8 Å². The molecule has 182 valence electrons. The molecule has 1 aromatic carbocycles. The molecule has 1 aromatic heterocycles. The van der Waals surface area contributed by atoms with E-state index >= 15 is 0 Å². The second kappa shape index (κ2) is 10.6. The van der Waals surface area contributed by atoms with Gasteiger partial charge in [0.1, 0.15) is 12.2 Å². The molecule has 1 saturated carbocycles. The van der Waals surface area contributed by atoms with E-state index in [1.807, 2.05) is 49.3 Å². The average Bonchev–Trinajstić information content (AvgIpc) is 3.29. The summed E-state index contributed by atoms with van der Waals surface area (Å²) >= 11 is 0. The fourth-order valence-electron chi connectivity index (χ4n) is 4.69. The van der Waals surface area contributed by atoms with E-state index in [-0.39, 0.29) is 18.6 Å². The molecule has 34 heavy (non-hydrogen) atoms. The number of nitrogens with zero attached hydrogens (tertiary/aromatic N) is 2. The second-order valence-electron chi connectivity index (χ2n) is 9.44. The molecule has 0 bridgehead atoms. The van der Waals surface area contributed by atoms with Gasteiger partial charge < -0.3 is 34.3 Å². The van der Waals surface area contributed by atoms with Crippen molar-refractivity contribution in [1.82, 2.24) is 15.1 Å². The number of hydrogen-bond acceptors (Lipinski definition) is 7. The van der Waals surface area contributed by atoms with E-state index in [0.717, 1.165) is 23.0 Å². The number of alkyl carbamates (subject to hydrolysis) is 1. The molecule has 4 rings (SSSR count). The summed E-state index contributed by atoms with van der Waals surface area (Å²) in [5.74, 6) is -0.142. The van der Waals surface area contributed by atoms with Crippen molar-refractivity contribution in [3.63, 3.8) is 0 Å². The molecule has 9 nitrogen and oxygen atoms in total. The van der Waals surface area contributed by atoms with Gasteiger partial charge in [0.25, 0.3) is 0 Å². The zero-order chi connectivity index (χ0) is 24.2. The van der Waals surface area contributed by atoms with Crippen LogP contribution in [0.3, 0.4) is 0 Å². The highest BCUT2D eigenvalue weighted by Crippen LogP contribution is 2.49. The zero-order valence-corrected chi connectivity index (χ0v) is 19.6. The number of fused-ring (bicyclic) bond motifs is 2. The number of ether oxygens (including phenoxy) is 1. The van der Waals surface area contributed by atoms with E-state index in [1.54, 1.807) is 17.2 Å². The molecule has 1 aliphatic heterocycles. The monoisotopic (exact) mass is 469 g/mol. The lowest BCUT2D eigenvalue weighted by molar-refractivity contribution is -0.128. The minimum atomic E-state index is -1.73. The molecule has 1 saturated heterocycles. The van der Waals surface area contributed by atoms with Crippen LogP contribution in [0.15, 0.2) is 47.1 Å². The van der Waals surface area contributed by atoms with Gasteiger partial charge in [-0.05, 0) is 56.8 Å². The van der Waals surface area contributed by atoms with Crippen LogP contribution in [0.25, 0.3) is 11.0 Å². The molecule has 2 amide bonds. The molecule has 2 heterocycles. The Labute approximate surface area is 199 Å². The van der Waals surface area contributed by atoms with Gasteiger partial charge in [-0.2, -0.15) is 0 Å². The molecule has 2 fully saturated rings. The fourth-order valence-corrected chi connectivity index (χ4v) is 4.69. The first-order valence-corrected chi connectivity index (χ1v) is 11.7. The number of piperidine rings is 1. The SMILES string of the molecule is CN(C)C/C=C/C(=O)N1C[C@@H]2C[C@@H]2[C@@H]1COC(=O)N[C@@H](CCc1coc2ccccc12)B(O)O. The summed E-state index contributed by atoms with van der Waals surface area (Å²) in [6.45, 7) is 1.44. The summed E-state index contributed by atoms with van der Waals surface area (Å²) in [6.07, 6.45) is 6.16. The largest absolute Gasteiger partial charge is 0.475 e. The summed E-state index contributed by atoms with van der Waals surface area (Å²) in [5, 5.41) is 23.0. The zero-order valence-electron chi connectivity index (χ0n) is 19.6. The average molecular weight is 469 g/mol. The molecular weight excluding hydrogens is 437 g/mol. The van der Waals surface area contributed by atoms with Crippen LogP contribution in [0.1, 0.15) is 18.4 Å². The van der Waals surface area contributed by atoms with Crippen LogP contribution in [-0.2, 0) is 16.0 Å². The first kappa shape index (κ1) is 24.3. The minimum Gasteiger partial charge on any atom is -0.464 e. The van der Waals surface area contributed by atoms with Gasteiger partial charge in [0.05, 0.1) is 18.2 Å². The first-order valence-electron chi connectivity index (χ1n) is 11.7. The van der Waals surface area contributed by atoms with E-state index in [4.69, 9.17) is 9.15 Å². The molecule has 2 aromatic rings. The number of likely N-dealkylation sites (N-methyl/N-ethyl adjacent to an activating group) is 1. The van der Waals surface area contributed by atoms with Gasteiger partial charge in [0.2, 0.25) is 5.91 Å². The Balaban J connectivity index is 1.28. The molecule has 0 radical (unpaired) electrons. The van der Waals surface area contributed by atoms with Crippen LogP contribution in [-0.4, -0.2) is 84.7 Å². The van der Waals surface area contributed by atoms with Gasteiger partial charge in [0, 0.05) is 24.6 Å². The van der Waals surface area contributed by atoms with Crippen LogP contribution in [0.5, 0.6) is 0 Å². The number of nitrogens with one attached hydrogen (secondary N) is 1. The van der Waals surface area contributed by atoms with Crippen LogP contribution in [0.4, 0.5) is 4.79 Å². The number of carbonyl (C=O) groups excluding carboxylic acids is 2. The van der Waals surface area contributed by atoms with Crippen LogP contribution in [0.2, 0.25) is 0 Å². The molecule has 1 aliphatic carbocycles. The number of hydrogen-bond donors (Lipinski definition) is 3. The van der Waals surface area contributed by atoms with Crippen molar-refractivity contribution in [2.24, 2.45) is 11.8 Å². The van der Waals surface area contributed by atoms with Crippen LogP contribution < -0.4 is 5.32 Å². The molecule has 0 unspecified atom stereocenters. The smallest absolute Gasteiger partial charge is 0.464 e. The quantitative estimate of drug-likeness (QED) is 0.356. The number of aryl methyl sites for hydroxylation is 1. The normalized spacial score (nSPS) is 22.3. The number of likely N-dealkylation sites (tertiary alicyclic amines) is 1. The predicted octanol–water partition coefficient (Wildman–Crippen LogP) is 1.44. The Bertz CT molecular complexity index is 1040. The number of benzene rings is 1. The number of rotatable bonds is 10. The molecular formula is C24H32BN3O6. The Morgan fingerprint density at radius 2 is 2.15 bits per heavy atom. The van der Waals surface area contributed by atoms with Crippen molar-refractivity contribution >= 4 is 30.1 Å². The highest BCUT2D eigenvalue weighted by Gasteiger charge is 2.54. The van der Waals surface area contributed by atoms with E-state index in [0.29, 0.717) is 37.8 Å². The number of amides is 2. The standard InChI is InChI=1S/C24H32BN3O6/c1-27(2)11-5-8-23(29)28-13-17-12-19(17)20(28)15-34-24(30)26-22(25(31)32)10-9-16-14-33-21-7-4-3-6-18(16)21/h3-8,14,17,19-20,22,31-32H,9-13,15H2,1-2H3,(H,26,30)/b8-5+/t17-,19-,20-,22-/m0/s1. The topological polar surface area (TPSA) is 115 Å². The van der Waals surface area contributed by atoms with Gasteiger partial charge in [-0.25, -0.2) is 4.79 Å². The molecule has 4 atom stereocenters. The Morgan fingerprint density at radius 1 is 1.35 bits per heavy atom. The maximum Gasteiger partial charge on any atom is 0.475 e. The maximum absolute atomic E-state index is 12.6. The van der Waals surface area contributed by atoms with E-state index in [2.05, 4.69) is 5.32 Å². The molecule has 3 N–H and O–H groups in total. The third-order valence-corrected chi connectivity index (χ3v) is 6.65. The van der Waals surface area contributed by atoms with Crippen molar-refractivity contribution in [2.45, 2.75) is 31.2 Å². The van der Waals surface area contributed by atoms with Crippen molar-refractivity contribution in [1.29, 1.82) is 0 Å².